The Hall–Kier alpha value is -1.93. The molecule has 7 nitrogen and oxygen atoms in total. The molecule has 0 aliphatic heterocycles. The normalized spacial score (nSPS) is 14.3. The molecule has 27 heavy (non-hydrogen) atoms. The molecule has 0 aromatic carbocycles. The molecule has 0 amide bonds. The van der Waals surface area contributed by atoms with Crippen molar-refractivity contribution in [3.05, 3.63) is 28.5 Å². The first kappa shape index (κ1) is 18.4. The van der Waals surface area contributed by atoms with Gasteiger partial charge >= 0.3 is 5.97 Å². The van der Waals surface area contributed by atoms with E-state index in [1.807, 2.05) is 0 Å². The fourth-order valence-electron chi connectivity index (χ4n) is 3.49. The van der Waals surface area contributed by atoms with Gasteiger partial charge in [-0.3, -0.25) is 0 Å². The highest BCUT2D eigenvalue weighted by molar-refractivity contribution is 9.08. The third-order valence-corrected chi connectivity index (χ3v) is 5.59. The van der Waals surface area contributed by atoms with Crippen LogP contribution in [0.25, 0.3) is 22.3 Å². The van der Waals surface area contributed by atoms with E-state index < -0.39 is 5.97 Å². The van der Waals surface area contributed by atoms with Crippen LogP contribution in [0.15, 0.2) is 10.9 Å². The summed E-state index contributed by atoms with van der Waals surface area (Å²) < 4.78 is 12.7. The Bertz CT molecular complexity index is 1040. The number of hydrogen-bond donors (Lipinski definition) is 0. The van der Waals surface area contributed by atoms with Gasteiger partial charge < -0.3 is 13.8 Å². The van der Waals surface area contributed by atoms with Crippen LogP contribution in [0.5, 0.6) is 0 Å². The number of hydrogen-bond acceptors (Lipinski definition) is 6. The van der Waals surface area contributed by atoms with E-state index in [1.165, 1.54) is 13.4 Å². The maximum absolute atomic E-state index is 12.6. The van der Waals surface area contributed by atoms with Gasteiger partial charge in [-0.15, -0.1) is 0 Å². The Labute approximate surface area is 169 Å². The molecule has 4 rings (SSSR count). The van der Waals surface area contributed by atoms with Gasteiger partial charge in [0, 0.05) is 28.5 Å². The van der Waals surface area contributed by atoms with Gasteiger partial charge in [0.1, 0.15) is 28.4 Å². The number of nitrogens with zero attached hydrogens (tertiary/aromatic N) is 4. The summed E-state index contributed by atoms with van der Waals surface area (Å²) in [5.41, 5.74) is 3.10. The molecule has 3 aromatic rings. The minimum absolute atomic E-state index is 0.121. The molecule has 0 saturated heterocycles. The summed E-state index contributed by atoms with van der Waals surface area (Å²) in [6, 6.07) is 0.121. The number of halogens is 2. The predicted molar refractivity (Wildman–Crippen MR) is 104 cm³/mol. The molecule has 3 heterocycles. The highest BCUT2D eigenvalue weighted by atomic mass is 79.9. The molecular formula is C18H18BrClN4O3. The van der Waals surface area contributed by atoms with Crippen molar-refractivity contribution in [1.29, 1.82) is 0 Å². The SMILES string of the molecule is COC(=O)c1c(-c2c(CBr)n(C(C)C)c3ncnc(Cl)c23)noc1C1CC1. The van der Waals surface area contributed by atoms with Gasteiger partial charge in [0.2, 0.25) is 0 Å². The van der Waals surface area contributed by atoms with E-state index in [9.17, 15) is 4.79 Å². The number of rotatable bonds is 5. The average Bonchev–Trinajstić information content (AvgIpc) is 3.30. The van der Waals surface area contributed by atoms with Crippen LogP contribution in [0.3, 0.4) is 0 Å². The van der Waals surface area contributed by atoms with Gasteiger partial charge in [-0.05, 0) is 26.7 Å². The van der Waals surface area contributed by atoms with Gasteiger partial charge in [0.25, 0.3) is 0 Å². The molecule has 0 unspecified atom stereocenters. The monoisotopic (exact) mass is 452 g/mol. The third kappa shape index (κ3) is 2.86. The maximum Gasteiger partial charge on any atom is 0.343 e. The second kappa shape index (κ2) is 6.91. The highest BCUT2D eigenvalue weighted by Crippen LogP contribution is 2.47. The number of ether oxygens (including phenoxy) is 1. The largest absolute Gasteiger partial charge is 0.465 e. The molecule has 0 atom stereocenters. The van der Waals surface area contributed by atoms with E-state index in [1.54, 1.807) is 0 Å². The fourth-order valence-corrected chi connectivity index (χ4v) is 4.26. The Morgan fingerprint density at radius 3 is 2.78 bits per heavy atom. The molecule has 0 bridgehead atoms. The van der Waals surface area contributed by atoms with Crippen molar-refractivity contribution in [2.75, 3.05) is 7.11 Å². The van der Waals surface area contributed by atoms with Gasteiger partial charge in [-0.2, -0.15) is 0 Å². The molecule has 142 valence electrons. The smallest absolute Gasteiger partial charge is 0.343 e. The van der Waals surface area contributed by atoms with Crippen LogP contribution in [-0.4, -0.2) is 32.8 Å². The van der Waals surface area contributed by atoms with E-state index >= 15 is 0 Å². The quantitative estimate of drug-likeness (QED) is 0.311. The lowest BCUT2D eigenvalue weighted by atomic mass is 10.0. The second-order valence-electron chi connectivity index (χ2n) is 6.82. The zero-order valence-corrected chi connectivity index (χ0v) is 17.5. The summed E-state index contributed by atoms with van der Waals surface area (Å²) >= 11 is 10.0. The number of methoxy groups -OCH3 is 1. The van der Waals surface area contributed by atoms with Crippen molar-refractivity contribution in [2.24, 2.45) is 0 Å². The molecular weight excluding hydrogens is 436 g/mol. The summed E-state index contributed by atoms with van der Waals surface area (Å²) in [5.74, 6) is 0.320. The molecule has 0 N–H and O–H groups in total. The summed E-state index contributed by atoms with van der Waals surface area (Å²) in [6.07, 6.45) is 3.38. The summed E-state index contributed by atoms with van der Waals surface area (Å²) in [7, 11) is 1.36. The molecule has 0 radical (unpaired) electrons. The minimum Gasteiger partial charge on any atom is -0.465 e. The number of alkyl halides is 1. The zero-order valence-electron chi connectivity index (χ0n) is 15.1. The van der Waals surface area contributed by atoms with Crippen LogP contribution in [0.4, 0.5) is 0 Å². The van der Waals surface area contributed by atoms with Gasteiger partial charge in [0.05, 0.1) is 12.5 Å². The van der Waals surface area contributed by atoms with Crippen molar-refractivity contribution >= 4 is 44.5 Å². The molecule has 9 heteroatoms. The van der Waals surface area contributed by atoms with Gasteiger partial charge in [-0.1, -0.05) is 32.7 Å². The first-order chi connectivity index (χ1) is 13.0. The van der Waals surface area contributed by atoms with Crippen molar-refractivity contribution in [1.82, 2.24) is 19.7 Å². The van der Waals surface area contributed by atoms with Crippen LogP contribution in [-0.2, 0) is 10.1 Å². The third-order valence-electron chi connectivity index (χ3n) is 4.77. The molecule has 3 aromatic heterocycles. The lowest BCUT2D eigenvalue weighted by Crippen LogP contribution is -2.07. The van der Waals surface area contributed by atoms with Crippen LogP contribution < -0.4 is 0 Å². The second-order valence-corrected chi connectivity index (χ2v) is 7.74. The maximum atomic E-state index is 12.6. The standard InChI is InChI=1S/C18H18BrClN4O3/c1-8(2)24-10(6-19)11(12-16(20)21-7-22-17(12)24)14-13(18(25)26-3)15(27-23-14)9-4-5-9/h7-9H,4-6H2,1-3H3. The molecule has 1 aliphatic carbocycles. The van der Waals surface area contributed by atoms with E-state index in [4.69, 9.17) is 20.9 Å². The lowest BCUT2D eigenvalue weighted by molar-refractivity contribution is 0.0599. The van der Waals surface area contributed by atoms with Crippen molar-refractivity contribution in [2.45, 2.75) is 44.0 Å². The Morgan fingerprint density at radius 1 is 1.44 bits per heavy atom. The topological polar surface area (TPSA) is 83.0 Å². The van der Waals surface area contributed by atoms with Gasteiger partial charge in [-0.25, -0.2) is 14.8 Å². The van der Waals surface area contributed by atoms with Crippen LogP contribution in [0.1, 0.15) is 60.5 Å². The number of esters is 1. The van der Waals surface area contributed by atoms with E-state index in [0.717, 1.165) is 18.5 Å². The minimum atomic E-state index is -0.466. The van der Waals surface area contributed by atoms with Crippen molar-refractivity contribution in [3.63, 3.8) is 0 Å². The Balaban J connectivity index is 2.10. The Kier molecular flexibility index (Phi) is 4.71. The number of aromatic nitrogens is 4. The number of carbonyl (C=O) groups excluding carboxylic acids is 1. The first-order valence-corrected chi connectivity index (χ1v) is 10.2. The van der Waals surface area contributed by atoms with E-state index in [2.05, 4.69) is 49.5 Å². The van der Waals surface area contributed by atoms with E-state index in [-0.39, 0.29) is 12.0 Å². The van der Waals surface area contributed by atoms with Crippen LogP contribution in [0.2, 0.25) is 5.15 Å². The van der Waals surface area contributed by atoms with Crippen molar-refractivity contribution in [3.8, 4) is 11.3 Å². The van der Waals surface area contributed by atoms with E-state index in [0.29, 0.717) is 44.1 Å². The first-order valence-electron chi connectivity index (χ1n) is 8.67. The fraction of sp³-hybridized carbons (Fsp3) is 0.444. The summed E-state index contributed by atoms with van der Waals surface area (Å²) in [4.78, 5) is 21.2. The number of fused-ring (bicyclic) bond motifs is 1. The zero-order chi connectivity index (χ0) is 19.3. The predicted octanol–water partition coefficient (Wildman–Crippen LogP) is 4.88. The van der Waals surface area contributed by atoms with Crippen LogP contribution >= 0.6 is 27.5 Å². The summed E-state index contributed by atoms with van der Waals surface area (Å²) in [5, 5.41) is 5.76. The summed E-state index contributed by atoms with van der Waals surface area (Å²) in [6.45, 7) is 4.12. The van der Waals surface area contributed by atoms with Gasteiger partial charge in [0.15, 0.2) is 5.76 Å². The Morgan fingerprint density at radius 2 is 2.19 bits per heavy atom. The molecule has 0 spiro atoms. The highest BCUT2D eigenvalue weighted by Gasteiger charge is 2.38. The van der Waals surface area contributed by atoms with Crippen LogP contribution in [0, 0.1) is 0 Å². The average molecular weight is 454 g/mol. The molecule has 1 fully saturated rings. The lowest BCUT2D eigenvalue weighted by Gasteiger charge is -2.13. The van der Waals surface area contributed by atoms with Crippen molar-refractivity contribution < 1.29 is 14.1 Å². The molecule has 1 saturated carbocycles. The number of carbonyl (C=O) groups is 1. The molecule has 1 aliphatic rings.